The first-order chi connectivity index (χ1) is 6.22. The summed E-state index contributed by atoms with van der Waals surface area (Å²) in [5.74, 6) is -0.671. The summed E-state index contributed by atoms with van der Waals surface area (Å²) < 4.78 is 0. The van der Waals surface area contributed by atoms with Gasteiger partial charge in [-0.2, -0.15) is 0 Å². The van der Waals surface area contributed by atoms with Crippen LogP contribution in [0.4, 0.5) is 4.79 Å². The monoisotopic (exact) mass is 186 g/mol. The second kappa shape index (κ2) is 4.81. The molecule has 0 heterocycles. The van der Waals surface area contributed by atoms with Crippen LogP contribution in [0.15, 0.2) is 0 Å². The molecular weight excluding hydrogens is 172 g/mol. The minimum absolute atomic E-state index is 0.187. The van der Waals surface area contributed by atoms with Gasteiger partial charge in [-0.25, -0.2) is 4.79 Å². The SMILES string of the molecule is O=C(CO)NC(=O)NC1CCCC1. The van der Waals surface area contributed by atoms with Crippen LogP contribution < -0.4 is 10.6 Å². The molecule has 3 N–H and O–H groups in total. The lowest BCUT2D eigenvalue weighted by atomic mass is 10.2. The first kappa shape index (κ1) is 9.98. The van der Waals surface area contributed by atoms with Crippen molar-refractivity contribution in [3.63, 3.8) is 0 Å². The summed E-state index contributed by atoms with van der Waals surface area (Å²) in [7, 11) is 0. The van der Waals surface area contributed by atoms with Gasteiger partial charge in [0.1, 0.15) is 6.61 Å². The van der Waals surface area contributed by atoms with Gasteiger partial charge >= 0.3 is 6.03 Å². The Labute approximate surface area is 76.5 Å². The Balaban J connectivity index is 2.20. The third kappa shape index (κ3) is 3.42. The predicted molar refractivity (Wildman–Crippen MR) is 46.0 cm³/mol. The number of imide groups is 1. The minimum Gasteiger partial charge on any atom is -0.387 e. The van der Waals surface area contributed by atoms with Crippen LogP contribution in [0.3, 0.4) is 0 Å². The number of amides is 3. The van der Waals surface area contributed by atoms with Crippen LogP contribution in [-0.4, -0.2) is 29.7 Å². The number of aliphatic hydroxyl groups excluding tert-OH is 1. The van der Waals surface area contributed by atoms with Gasteiger partial charge < -0.3 is 10.4 Å². The average Bonchev–Trinajstić information content (AvgIpc) is 2.56. The first-order valence-electron chi connectivity index (χ1n) is 4.43. The van der Waals surface area contributed by atoms with Crippen LogP contribution in [-0.2, 0) is 4.79 Å². The number of rotatable bonds is 2. The predicted octanol–water partition coefficient (Wildman–Crippen LogP) is -0.253. The lowest BCUT2D eigenvalue weighted by molar-refractivity contribution is -0.122. The van der Waals surface area contributed by atoms with E-state index in [-0.39, 0.29) is 6.04 Å². The average molecular weight is 186 g/mol. The number of hydrogen-bond acceptors (Lipinski definition) is 3. The quantitative estimate of drug-likeness (QED) is 0.556. The van der Waals surface area contributed by atoms with E-state index in [9.17, 15) is 9.59 Å². The highest BCUT2D eigenvalue weighted by molar-refractivity contribution is 5.94. The molecule has 1 aliphatic carbocycles. The molecule has 0 aliphatic heterocycles. The van der Waals surface area contributed by atoms with Gasteiger partial charge in [0.15, 0.2) is 0 Å². The summed E-state index contributed by atoms with van der Waals surface area (Å²) in [4.78, 5) is 21.6. The van der Waals surface area contributed by atoms with Crippen LogP contribution in [0.5, 0.6) is 0 Å². The van der Waals surface area contributed by atoms with Crippen molar-refractivity contribution < 1.29 is 14.7 Å². The fourth-order valence-electron chi connectivity index (χ4n) is 1.46. The molecule has 0 aromatic heterocycles. The molecule has 5 nitrogen and oxygen atoms in total. The third-order valence-electron chi connectivity index (χ3n) is 2.09. The van der Waals surface area contributed by atoms with Crippen molar-refractivity contribution in [1.82, 2.24) is 10.6 Å². The summed E-state index contributed by atoms with van der Waals surface area (Å²) >= 11 is 0. The summed E-state index contributed by atoms with van der Waals surface area (Å²) in [5.41, 5.74) is 0. The molecule has 74 valence electrons. The molecule has 1 fully saturated rings. The Hall–Kier alpha value is -1.10. The zero-order chi connectivity index (χ0) is 9.68. The zero-order valence-electron chi connectivity index (χ0n) is 7.38. The number of aliphatic hydroxyl groups is 1. The highest BCUT2D eigenvalue weighted by atomic mass is 16.3. The van der Waals surface area contributed by atoms with Crippen LogP contribution in [0.25, 0.3) is 0 Å². The van der Waals surface area contributed by atoms with Gasteiger partial charge in [0.2, 0.25) is 0 Å². The van der Waals surface area contributed by atoms with Crippen LogP contribution in [0.2, 0.25) is 0 Å². The molecule has 0 aromatic rings. The molecule has 0 unspecified atom stereocenters. The molecule has 0 atom stereocenters. The van der Waals surface area contributed by atoms with Crippen molar-refractivity contribution in [2.75, 3.05) is 6.61 Å². The Morgan fingerprint density at radius 1 is 1.31 bits per heavy atom. The van der Waals surface area contributed by atoms with Gasteiger partial charge in [-0.3, -0.25) is 10.1 Å². The highest BCUT2D eigenvalue weighted by Crippen LogP contribution is 2.17. The standard InChI is InChI=1S/C8H14N2O3/c11-5-7(12)10-8(13)9-6-3-1-2-4-6/h6,11H,1-5H2,(H2,9,10,12,13). The van der Waals surface area contributed by atoms with Crippen molar-refractivity contribution in [2.24, 2.45) is 0 Å². The molecule has 1 aliphatic rings. The fraction of sp³-hybridized carbons (Fsp3) is 0.750. The molecule has 0 spiro atoms. The van der Waals surface area contributed by atoms with Gasteiger partial charge in [0.05, 0.1) is 0 Å². The van der Waals surface area contributed by atoms with E-state index in [0.29, 0.717) is 0 Å². The van der Waals surface area contributed by atoms with E-state index >= 15 is 0 Å². The second-order valence-electron chi connectivity index (χ2n) is 3.16. The van der Waals surface area contributed by atoms with Crippen molar-refractivity contribution in [3.8, 4) is 0 Å². The summed E-state index contributed by atoms with van der Waals surface area (Å²) in [6.07, 6.45) is 4.19. The Kier molecular flexibility index (Phi) is 3.70. The maximum Gasteiger partial charge on any atom is 0.321 e. The van der Waals surface area contributed by atoms with E-state index in [1.165, 1.54) is 0 Å². The minimum atomic E-state index is -0.671. The van der Waals surface area contributed by atoms with Gasteiger partial charge in [-0.1, -0.05) is 12.8 Å². The van der Waals surface area contributed by atoms with Crippen molar-refractivity contribution in [1.29, 1.82) is 0 Å². The van der Waals surface area contributed by atoms with Crippen molar-refractivity contribution >= 4 is 11.9 Å². The summed E-state index contributed by atoms with van der Waals surface area (Å²) in [5, 5.41) is 13.0. The molecule has 13 heavy (non-hydrogen) atoms. The van der Waals surface area contributed by atoms with Gasteiger partial charge in [-0.05, 0) is 12.8 Å². The summed E-state index contributed by atoms with van der Waals surface area (Å²) in [6.45, 7) is -0.655. The van der Waals surface area contributed by atoms with E-state index in [1.54, 1.807) is 0 Å². The number of carbonyl (C=O) groups is 2. The van der Waals surface area contributed by atoms with Crippen LogP contribution in [0.1, 0.15) is 25.7 Å². The van der Waals surface area contributed by atoms with E-state index in [2.05, 4.69) is 5.32 Å². The van der Waals surface area contributed by atoms with E-state index in [4.69, 9.17) is 5.11 Å². The smallest absolute Gasteiger partial charge is 0.321 e. The van der Waals surface area contributed by atoms with Gasteiger partial charge in [-0.15, -0.1) is 0 Å². The highest BCUT2D eigenvalue weighted by Gasteiger charge is 2.17. The van der Waals surface area contributed by atoms with Crippen molar-refractivity contribution in [3.05, 3.63) is 0 Å². The maximum atomic E-state index is 11.0. The van der Waals surface area contributed by atoms with Crippen LogP contribution >= 0.6 is 0 Å². The third-order valence-corrected chi connectivity index (χ3v) is 2.09. The lowest BCUT2D eigenvalue weighted by Gasteiger charge is -2.11. The largest absolute Gasteiger partial charge is 0.387 e. The Bertz CT molecular complexity index is 200. The Morgan fingerprint density at radius 2 is 1.92 bits per heavy atom. The summed E-state index contributed by atoms with van der Waals surface area (Å²) in [6, 6.07) is -0.322. The first-order valence-corrected chi connectivity index (χ1v) is 4.43. The van der Waals surface area contributed by atoms with Gasteiger partial charge in [0.25, 0.3) is 5.91 Å². The number of hydrogen-bond donors (Lipinski definition) is 3. The number of nitrogens with one attached hydrogen (secondary N) is 2. The molecular formula is C8H14N2O3. The molecule has 0 saturated heterocycles. The molecule has 0 aromatic carbocycles. The maximum absolute atomic E-state index is 11.0. The van der Waals surface area contributed by atoms with Crippen molar-refractivity contribution in [2.45, 2.75) is 31.7 Å². The number of carbonyl (C=O) groups excluding carboxylic acids is 2. The Morgan fingerprint density at radius 3 is 2.46 bits per heavy atom. The zero-order valence-corrected chi connectivity index (χ0v) is 7.38. The number of urea groups is 1. The topological polar surface area (TPSA) is 78.4 Å². The van der Waals surface area contributed by atoms with E-state index < -0.39 is 18.5 Å². The molecule has 0 radical (unpaired) electrons. The lowest BCUT2D eigenvalue weighted by Crippen LogP contribution is -2.44. The van der Waals surface area contributed by atoms with E-state index in [0.717, 1.165) is 25.7 Å². The molecule has 3 amide bonds. The second-order valence-corrected chi connectivity index (χ2v) is 3.16. The normalized spacial score (nSPS) is 17.0. The molecule has 0 bridgehead atoms. The fourth-order valence-corrected chi connectivity index (χ4v) is 1.46. The van der Waals surface area contributed by atoms with E-state index in [1.807, 2.05) is 5.32 Å². The molecule has 5 heteroatoms. The van der Waals surface area contributed by atoms with Gasteiger partial charge in [0, 0.05) is 6.04 Å². The molecule has 1 saturated carbocycles. The van der Waals surface area contributed by atoms with Crippen LogP contribution in [0, 0.1) is 0 Å². The molecule has 1 rings (SSSR count).